The van der Waals surface area contributed by atoms with Crippen molar-refractivity contribution in [2.45, 2.75) is 6.54 Å². The van der Waals surface area contributed by atoms with E-state index in [0.29, 0.717) is 29.6 Å². The van der Waals surface area contributed by atoms with Gasteiger partial charge in [-0.25, -0.2) is 0 Å². The van der Waals surface area contributed by atoms with Crippen molar-refractivity contribution < 1.29 is 9.53 Å². The third-order valence-corrected chi connectivity index (χ3v) is 2.85. The molecule has 2 aromatic rings. The van der Waals surface area contributed by atoms with Gasteiger partial charge in [-0.05, 0) is 6.07 Å². The number of hydrogen-bond acceptors (Lipinski definition) is 4. The molecule has 0 saturated heterocycles. The lowest BCUT2D eigenvalue weighted by atomic mass is 10.2. The molecule has 0 atom stereocenters. The Hall–Kier alpha value is -1.66. The monoisotopic (exact) mass is 268 g/mol. The van der Waals surface area contributed by atoms with Crippen LogP contribution in [0.5, 0.6) is 0 Å². The highest BCUT2D eigenvalue weighted by molar-refractivity contribution is 6.34. The predicted octanol–water partition coefficient (Wildman–Crippen LogP) is 1.15. The third-order valence-electron chi connectivity index (χ3n) is 2.57. The standard InChI is InChI=1S/C11H13ClN4O2/c1-15-9(3-4-13-15)11(17)10-8(12)7-14-16(10)5-6-18-2/h3-4,7H,5-6H2,1-2H3. The molecular weight excluding hydrogens is 256 g/mol. The minimum atomic E-state index is -0.200. The second-order valence-electron chi connectivity index (χ2n) is 3.73. The van der Waals surface area contributed by atoms with Gasteiger partial charge < -0.3 is 4.74 Å². The SMILES string of the molecule is COCCn1ncc(Cl)c1C(=O)c1ccnn1C. The molecule has 0 aliphatic rings. The van der Waals surface area contributed by atoms with E-state index in [-0.39, 0.29) is 5.78 Å². The lowest BCUT2D eigenvalue weighted by molar-refractivity contribution is 0.101. The topological polar surface area (TPSA) is 61.9 Å². The molecule has 2 rings (SSSR count). The lowest BCUT2D eigenvalue weighted by Crippen LogP contribution is -2.17. The zero-order valence-electron chi connectivity index (χ0n) is 10.1. The molecule has 0 N–H and O–H groups in total. The molecule has 0 unspecified atom stereocenters. The minimum absolute atomic E-state index is 0.200. The van der Waals surface area contributed by atoms with Crippen LogP contribution in [0.15, 0.2) is 18.5 Å². The van der Waals surface area contributed by atoms with Crippen LogP contribution >= 0.6 is 11.6 Å². The fraction of sp³-hybridized carbons (Fsp3) is 0.364. The number of hydrogen-bond donors (Lipinski definition) is 0. The summed E-state index contributed by atoms with van der Waals surface area (Å²) in [5, 5.41) is 8.37. The number of halogens is 1. The molecule has 0 aromatic carbocycles. The van der Waals surface area contributed by atoms with Gasteiger partial charge in [0.2, 0.25) is 5.78 Å². The Morgan fingerprint density at radius 1 is 1.50 bits per heavy atom. The van der Waals surface area contributed by atoms with E-state index >= 15 is 0 Å². The van der Waals surface area contributed by atoms with Crippen LogP contribution in [0.3, 0.4) is 0 Å². The quantitative estimate of drug-likeness (QED) is 0.763. The first-order valence-corrected chi connectivity index (χ1v) is 5.76. The van der Waals surface area contributed by atoms with Crippen LogP contribution in [-0.2, 0) is 18.3 Å². The van der Waals surface area contributed by atoms with E-state index in [4.69, 9.17) is 16.3 Å². The van der Waals surface area contributed by atoms with Gasteiger partial charge in [0.1, 0.15) is 11.4 Å². The van der Waals surface area contributed by atoms with E-state index in [1.165, 1.54) is 10.9 Å². The zero-order valence-corrected chi connectivity index (χ0v) is 10.9. The molecule has 0 amide bonds. The molecule has 0 radical (unpaired) electrons. The molecular formula is C11H13ClN4O2. The maximum atomic E-state index is 12.3. The van der Waals surface area contributed by atoms with Crippen LogP contribution in [0.4, 0.5) is 0 Å². The number of nitrogens with zero attached hydrogens (tertiary/aromatic N) is 4. The molecule has 2 aromatic heterocycles. The number of carbonyl (C=O) groups excluding carboxylic acids is 1. The van der Waals surface area contributed by atoms with Crippen LogP contribution in [-0.4, -0.2) is 39.1 Å². The van der Waals surface area contributed by atoms with Crippen LogP contribution in [0.1, 0.15) is 16.2 Å². The van der Waals surface area contributed by atoms with E-state index in [2.05, 4.69) is 10.2 Å². The second kappa shape index (κ2) is 5.32. The maximum Gasteiger partial charge on any atom is 0.230 e. The summed E-state index contributed by atoms with van der Waals surface area (Å²) in [4.78, 5) is 12.3. The summed E-state index contributed by atoms with van der Waals surface area (Å²) in [7, 11) is 3.30. The normalized spacial score (nSPS) is 10.8. The fourth-order valence-electron chi connectivity index (χ4n) is 1.65. The molecule has 2 heterocycles. The van der Waals surface area contributed by atoms with Crippen molar-refractivity contribution in [3.8, 4) is 0 Å². The van der Waals surface area contributed by atoms with Crippen molar-refractivity contribution >= 4 is 17.4 Å². The Morgan fingerprint density at radius 3 is 2.89 bits per heavy atom. The van der Waals surface area contributed by atoms with Gasteiger partial charge in [0, 0.05) is 20.4 Å². The van der Waals surface area contributed by atoms with Crippen LogP contribution < -0.4 is 0 Å². The molecule has 0 spiro atoms. The van der Waals surface area contributed by atoms with E-state index in [9.17, 15) is 4.79 Å². The molecule has 0 fully saturated rings. The van der Waals surface area contributed by atoms with Crippen molar-refractivity contribution in [2.75, 3.05) is 13.7 Å². The Labute approximate surface area is 109 Å². The van der Waals surface area contributed by atoms with Crippen LogP contribution in [0.2, 0.25) is 5.02 Å². The summed E-state index contributed by atoms with van der Waals surface area (Å²) in [5.74, 6) is -0.200. The average molecular weight is 269 g/mol. The highest BCUT2D eigenvalue weighted by atomic mass is 35.5. The van der Waals surface area contributed by atoms with Gasteiger partial charge in [0.15, 0.2) is 0 Å². The molecule has 7 heteroatoms. The van der Waals surface area contributed by atoms with E-state index in [1.807, 2.05) is 0 Å². The summed E-state index contributed by atoms with van der Waals surface area (Å²) in [6.45, 7) is 0.936. The first-order valence-electron chi connectivity index (χ1n) is 5.38. The van der Waals surface area contributed by atoms with Gasteiger partial charge >= 0.3 is 0 Å². The number of aromatic nitrogens is 4. The zero-order chi connectivity index (χ0) is 13.1. The van der Waals surface area contributed by atoms with E-state index < -0.39 is 0 Å². The van der Waals surface area contributed by atoms with Gasteiger partial charge in [-0.3, -0.25) is 14.2 Å². The highest BCUT2D eigenvalue weighted by Gasteiger charge is 2.21. The number of ether oxygens (including phenoxy) is 1. The Bertz CT molecular complexity index is 561. The van der Waals surface area contributed by atoms with Crippen molar-refractivity contribution in [2.24, 2.45) is 7.05 Å². The Balaban J connectivity index is 2.35. The largest absolute Gasteiger partial charge is 0.383 e. The minimum Gasteiger partial charge on any atom is -0.383 e. The summed E-state index contributed by atoms with van der Waals surface area (Å²) < 4.78 is 8.02. The highest BCUT2D eigenvalue weighted by Crippen LogP contribution is 2.18. The number of carbonyl (C=O) groups is 1. The predicted molar refractivity (Wildman–Crippen MR) is 65.8 cm³/mol. The molecule has 6 nitrogen and oxygen atoms in total. The van der Waals surface area contributed by atoms with Crippen molar-refractivity contribution in [3.63, 3.8) is 0 Å². The number of methoxy groups -OCH3 is 1. The van der Waals surface area contributed by atoms with Crippen molar-refractivity contribution in [1.82, 2.24) is 19.6 Å². The summed E-state index contributed by atoms with van der Waals surface area (Å²) in [5.41, 5.74) is 0.827. The summed E-state index contributed by atoms with van der Waals surface area (Å²) in [6.07, 6.45) is 3.03. The van der Waals surface area contributed by atoms with Gasteiger partial charge in [0.05, 0.1) is 24.4 Å². The van der Waals surface area contributed by atoms with Gasteiger partial charge in [-0.2, -0.15) is 10.2 Å². The van der Waals surface area contributed by atoms with Gasteiger partial charge in [-0.1, -0.05) is 11.6 Å². The van der Waals surface area contributed by atoms with Crippen LogP contribution in [0, 0.1) is 0 Å². The fourth-order valence-corrected chi connectivity index (χ4v) is 1.88. The number of aryl methyl sites for hydroxylation is 1. The summed E-state index contributed by atoms with van der Waals surface area (Å²) >= 11 is 6.01. The summed E-state index contributed by atoms with van der Waals surface area (Å²) in [6, 6.07) is 1.65. The first kappa shape index (κ1) is 12.8. The number of rotatable bonds is 5. The van der Waals surface area contributed by atoms with E-state index in [0.717, 1.165) is 0 Å². The van der Waals surface area contributed by atoms with Gasteiger partial charge in [0.25, 0.3) is 0 Å². The molecule has 0 aliphatic heterocycles. The Kier molecular flexibility index (Phi) is 3.78. The average Bonchev–Trinajstić information content (AvgIpc) is 2.92. The molecule has 0 saturated carbocycles. The maximum absolute atomic E-state index is 12.3. The molecule has 0 bridgehead atoms. The number of ketones is 1. The third kappa shape index (κ3) is 2.30. The molecule has 18 heavy (non-hydrogen) atoms. The second-order valence-corrected chi connectivity index (χ2v) is 4.13. The van der Waals surface area contributed by atoms with Gasteiger partial charge in [-0.15, -0.1) is 0 Å². The Morgan fingerprint density at radius 2 is 2.28 bits per heavy atom. The van der Waals surface area contributed by atoms with E-state index in [1.54, 1.807) is 31.1 Å². The van der Waals surface area contributed by atoms with Crippen LogP contribution in [0.25, 0.3) is 0 Å². The molecule has 0 aliphatic carbocycles. The first-order chi connectivity index (χ1) is 8.65. The molecule has 96 valence electrons. The van der Waals surface area contributed by atoms with Crippen molar-refractivity contribution in [1.29, 1.82) is 0 Å². The van der Waals surface area contributed by atoms with Crippen molar-refractivity contribution in [3.05, 3.63) is 34.9 Å². The smallest absolute Gasteiger partial charge is 0.230 e. The lowest BCUT2D eigenvalue weighted by Gasteiger charge is -2.06.